The molecule has 3 nitrogen and oxygen atoms in total. The number of nitrogens with one attached hydrogen (secondary N) is 1. The van der Waals surface area contributed by atoms with Gasteiger partial charge in [-0.2, -0.15) is 0 Å². The van der Waals surface area contributed by atoms with Crippen molar-refractivity contribution in [3.05, 3.63) is 41.2 Å². The van der Waals surface area contributed by atoms with Crippen LogP contribution >= 0.6 is 0 Å². The van der Waals surface area contributed by atoms with Crippen LogP contribution in [0.3, 0.4) is 0 Å². The number of benzene rings is 1. The molecule has 0 saturated carbocycles. The van der Waals surface area contributed by atoms with Crippen molar-refractivity contribution in [2.45, 2.75) is 19.9 Å². The van der Waals surface area contributed by atoms with Crippen LogP contribution in [0.15, 0.2) is 24.3 Å². The minimum Gasteiger partial charge on any atom is -0.350 e. The molecule has 0 heterocycles. The fourth-order valence-electron chi connectivity index (χ4n) is 1.06. The lowest BCUT2D eigenvalue weighted by Crippen LogP contribution is -2.29. The van der Waals surface area contributed by atoms with Gasteiger partial charge in [0, 0.05) is 11.6 Å². The highest BCUT2D eigenvalue weighted by Gasteiger charge is 2.06. The molecule has 0 saturated heterocycles. The van der Waals surface area contributed by atoms with E-state index in [0.717, 1.165) is 0 Å². The number of carbonyl (C=O) groups excluding carboxylic acids is 1. The maximum Gasteiger partial charge on any atom is 0.250 e. The van der Waals surface area contributed by atoms with Gasteiger partial charge in [0.2, 0.25) is 5.91 Å². The summed E-state index contributed by atoms with van der Waals surface area (Å²) in [5.74, 6) is -0.134. The van der Waals surface area contributed by atoms with Crippen molar-refractivity contribution < 1.29 is 4.79 Å². The van der Waals surface area contributed by atoms with E-state index in [2.05, 4.69) is 10.2 Å². The van der Waals surface area contributed by atoms with Gasteiger partial charge >= 0.3 is 0 Å². The topological polar surface area (TPSA) is 33.5 Å². The van der Waals surface area contributed by atoms with Crippen LogP contribution in [0.2, 0.25) is 0 Å². The van der Waals surface area contributed by atoms with Gasteiger partial charge in [0.05, 0.1) is 6.57 Å². The number of amides is 1. The zero-order valence-corrected chi connectivity index (χ0v) is 8.24. The summed E-state index contributed by atoms with van der Waals surface area (Å²) >= 11 is 0. The van der Waals surface area contributed by atoms with Gasteiger partial charge in [-0.05, 0) is 19.9 Å². The van der Waals surface area contributed by atoms with Gasteiger partial charge in [-0.3, -0.25) is 4.79 Å². The first-order chi connectivity index (χ1) is 6.63. The monoisotopic (exact) mass is 188 g/mol. The largest absolute Gasteiger partial charge is 0.350 e. The lowest BCUT2D eigenvalue weighted by molar-refractivity contribution is 0.0943. The molecule has 1 aromatic rings. The molecule has 1 aromatic carbocycles. The van der Waals surface area contributed by atoms with E-state index in [1.54, 1.807) is 24.3 Å². The Labute approximate surface area is 83.6 Å². The van der Waals surface area contributed by atoms with Crippen molar-refractivity contribution in [3.63, 3.8) is 0 Å². The average Bonchev–Trinajstić information content (AvgIpc) is 2.17. The highest BCUT2D eigenvalue weighted by atomic mass is 16.1. The molecule has 0 radical (unpaired) electrons. The number of rotatable bonds is 2. The highest BCUT2D eigenvalue weighted by Crippen LogP contribution is 2.13. The van der Waals surface area contributed by atoms with Crippen molar-refractivity contribution in [2.24, 2.45) is 0 Å². The maximum absolute atomic E-state index is 11.5. The normalized spacial score (nSPS) is 9.57. The molecule has 1 N–H and O–H groups in total. The van der Waals surface area contributed by atoms with Crippen LogP contribution in [-0.4, -0.2) is 11.9 Å². The Morgan fingerprint density at radius 2 is 2.21 bits per heavy atom. The fraction of sp³-hybridized carbons (Fsp3) is 0.273. The van der Waals surface area contributed by atoms with E-state index in [1.807, 2.05) is 13.8 Å². The summed E-state index contributed by atoms with van der Waals surface area (Å²) in [6, 6.07) is 6.79. The Morgan fingerprint density at radius 3 is 2.79 bits per heavy atom. The molecule has 0 spiro atoms. The molecule has 1 rings (SSSR count). The predicted octanol–water partition coefficient (Wildman–Crippen LogP) is 2.38. The second kappa shape index (κ2) is 4.43. The summed E-state index contributed by atoms with van der Waals surface area (Å²) in [5, 5.41) is 2.77. The standard InChI is InChI=1S/C11H12N2O/c1-8(2)13-11(14)9-5-4-6-10(7-9)12-3/h4-8H,1-2H3,(H,13,14). The summed E-state index contributed by atoms with van der Waals surface area (Å²) in [6.45, 7) is 10.6. The summed E-state index contributed by atoms with van der Waals surface area (Å²) in [5.41, 5.74) is 1.02. The number of hydrogen-bond donors (Lipinski definition) is 1. The van der Waals surface area contributed by atoms with E-state index in [9.17, 15) is 4.79 Å². The zero-order chi connectivity index (χ0) is 10.6. The molecule has 72 valence electrons. The first-order valence-electron chi connectivity index (χ1n) is 4.42. The smallest absolute Gasteiger partial charge is 0.250 e. The van der Waals surface area contributed by atoms with Crippen LogP contribution in [-0.2, 0) is 0 Å². The second-order valence-electron chi connectivity index (χ2n) is 3.29. The Balaban J connectivity index is 2.86. The summed E-state index contributed by atoms with van der Waals surface area (Å²) < 4.78 is 0. The van der Waals surface area contributed by atoms with Gasteiger partial charge in [0.25, 0.3) is 0 Å². The molecule has 0 aliphatic rings. The van der Waals surface area contributed by atoms with Gasteiger partial charge < -0.3 is 5.32 Å². The molecule has 0 aromatic heterocycles. The van der Waals surface area contributed by atoms with Gasteiger partial charge in [-0.25, -0.2) is 4.85 Å². The number of nitrogens with zero attached hydrogens (tertiary/aromatic N) is 1. The molecule has 14 heavy (non-hydrogen) atoms. The number of hydrogen-bond acceptors (Lipinski definition) is 1. The van der Waals surface area contributed by atoms with Crippen LogP contribution in [0.4, 0.5) is 5.69 Å². The molecular weight excluding hydrogens is 176 g/mol. The van der Waals surface area contributed by atoms with E-state index in [0.29, 0.717) is 11.3 Å². The van der Waals surface area contributed by atoms with E-state index in [4.69, 9.17) is 6.57 Å². The van der Waals surface area contributed by atoms with Gasteiger partial charge in [-0.1, -0.05) is 18.2 Å². The SMILES string of the molecule is [C-]#[N+]c1cccc(C(=O)NC(C)C)c1. The van der Waals surface area contributed by atoms with Crippen LogP contribution in [0, 0.1) is 6.57 Å². The van der Waals surface area contributed by atoms with Crippen LogP contribution in [0.5, 0.6) is 0 Å². The average molecular weight is 188 g/mol. The van der Waals surface area contributed by atoms with E-state index >= 15 is 0 Å². The quantitative estimate of drug-likeness (QED) is 0.710. The molecule has 0 unspecified atom stereocenters. The van der Waals surface area contributed by atoms with Crippen molar-refractivity contribution in [1.29, 1.82) is 0 Å². The summed E-state index contributed by atoms with van der Waals surface area (Å²) in [4.78, 5) is 14.8. The fourth-order valence-corrected chi connectivity index (χ4v) is 1.06. The minimum atomic E-state index is -0.134. The highest BCUT2D eigenvalue weighted by molar-refractivity contribution is 5.95. The lowest BCUT2D eigenvalue weighted by Gasteiger charge is -2.07. The molecule has 0 fully saturated rings. The van der Waals surface area contributed by atoms with Crippen molar-refractivity contribution in [3.8, 4) is 0 Å². The van der Waals surface area contributed by atoms with Gasteiger partial charge in [-0.15, -0.1) is 0 Å². The van der Waals surface area contributed by atoms with Crippen molar-refractivity contribution >= 4 is 11.6 Å². The van der Waals surface area contributed by atoms with E-state index in [-0.39, 0.29) is 11.9 Å². The Hall–Kier alpha value is -1.82. The van der Waals surface area contributed by atoms with Crippen LogP contribution in [0.25, 0.3) is 4.85 Å². The van der Waals surface area contributed by atoms with Crippen molar-refractivity contribution in [1.82, 2.24) is 5.32 Å². The van der Waals surface area contributed by atoms with Crippen LogP contribution in [0.1, 0.15) is 24.2 Å². The zero-order valence-electron chi connectivity index (χ0n) is 8.24. The molecule has 0 bridgehead atoms. The Kier molecular flexibility index (Phi) is 3.24. The summed E-state index contributed by atoms with van der Waals surface area (Å²) in [6.07, 6.45) is 0. The van der Waals surface area contributed by atoms with Crippen LogP contribution < -0.4 is 5.32 Å². The molecule has 0 aliphatic heterocycles. The molecule has 3 heteroatoms. The second-order valence-corrected chi connectivity index (χ2v) is 3.29. The Morgan fingerprint density at radius 1 is 1.50 bits per heavy atom. The summed E-state index contributed by atoms with van der Waals surface area (Å²) in [7, 11) is 0. The van der Waals surface area contributed by atoms with Crippen molar-refractivity contribution in [2.75, 3.05) is 0 Å². The first kappa shape index (κ1) is 10.3. The van der Waals surface area contributed by atoms with Gasteiger partial charge in [0.15, 0.2) is 5.69 Å². The molecule has 0 atom stereocenters. The number of carbonyl (C=O) groups is 1. The third-order valence-electron chi connectivity index (χ3n) is 1.66. The first-order valence-corrected chi connectivity index (χ1v) is 4.42. The lowest BCUT2D eigenvalue weighted by atomic mass is 10.2. The Bertz CT molecular complexity index is 377. The minimum absolute atomic E-state index is 0.110. The van der Waals surface area contributed by atoms with Gasteiger partial charge in [0.1, 0.15) is 0 Å². The predicted molar refractivity (Wildman–Crippen MR) is 55.3 cm³/mol. The third kappa shape index (κ3) is 2.60. The van der Waals surface area contributed by atoms with E-state index in [1.165, 1.54) is 0 Å². The molecule has 0 aliphatic carbocycles. The third-order valence-corrected chi connectivity index (χ3v) is 1.66. The molecule has 1 amide bonds. The maximum atomic E-state index is 11.5. The van der Waals surface area contributed by atoms with E-state index < -0.39 is 0 Å². The molecular formula is C11H12N2O.